The number of ether oxygens (including phenoxy) is 1. The van der Waals surface area contributed by atoms with Crippen molar-refractivity contribution in [1.82, 2.24) is 31.3 Å². The first-order chi connectivity index (χ1) is 18.5. The third-order valence-corrected chi connectivity index (χ3v) is 7.52. The first-order valence-electron chi connectivity index (χ1n) is 11.9. The first-order valence-corrected chi connectivity index (χ1v) is 13.0. The molecule has 194 valence electrons. The van der Waals surface area contributed by atoms with Crippen LogP contribution in [0.1, 0.15) is 6.92 Å². The third kappa shape index (κ3) is 4.64. The number of benzene rings is 2. The van der Waals surface area contributed by atoms with Crippen LogP contribution in [-0.2, 0) is 4.79 Å². The van der Waals surface area contributed by atoms with Crippen molar-refractivity contribution in [3.8, 4) is 16.3 Å². The fourth-order valence-electron chi connectivity index (χ4n) is 4.53. The molecule has 0 fully saturated rings. The van der Waals surface area contributed by atoms with Crippen molar-refractivity contribution in [3.05, 3.63) is 77.1 Å². The highest BCUT2D eigenvalue weighted by Gasteiger charge is 2.41. The molecule has 0 bridgehead atoms. The number of amides is 1. The van der Waals surface area contributed by atoms with Gasteiger partial charge < -0.3 is 26.1 Å². The molecule has 1 amide bonds. The molecule has 0 aliphatic carbocycles. The molecule has 11 nitrogen and oxygen atoms in total. The zero-order chi connectivity index (χ0) is 26.2. The number of hydrogen-bond donors (Lipinski definition) is 5. The monoisotopic (exact) mass is 549 g/mol. The molecule has 3 aliphatic rings. The Balaban J connectivity index is 1.27. The molecule has 3 unspecified atom stereocenters. The van der Waals surface area contributed by atoms with E-state index >= 15 is 0 Å². The highest BCUT2D eigenvalue weighted by molar-refractivity contribution is 7.18. The van der Waals surface area contributed by atoms with E-state index in [9.17, 15) is 4.79 Å². The summed E-state index contributed by atoms with van der Waals surface area (Å²) < 4.78 is 5.89. The van der Waals surface area contributed by atoms with Crippen molar-refractivity contribution in [2.75, 3.05) is 17.7 Å². The molecular formula is C25H24ClN9O2S. The largest absolute Gasteiger partial charge is 0.448 e. The van der Waals surface area contributed by atoms with Crippen molar-refractivity contribution in [2.24, 2.45) is 4.99 Å². The number of aromatic nitrogens is 2. The minimum absolute atomic E-state index is 0.324. The number of nitrogens with one attached hydrogen (secondary N) is 5. The predicted molar refractivity (Wildman–Crippen MR) is 147 cm³/mol. The SMILES string of the molecule is CC1=C(C(=O)Nc2nnc(-c3ccccc3)s2)C(C2C(Cl)=CNN2C)N/C(=N/C2Nc3ccccc3O2)N1. The number of allylic oxidation sites excluding steroid dienone is 1. The molecule has 2 aromatic carbocycles. The van der Waals surface area contributed by atoms with Gasteiger partial charge in [-0.15, -0.1) is 10.2 Å². The summed E-state index contributed by atoms with van der Waals surface area (Å²) in [7, 11) is 1.86. The Hall–Kier alpha value is -4.13. The van der Waals surface area contributed by atoms with E-state index in [1.807, 2.05) is 73.6 Å². The van der Waals surface area contributed by atoms with Crippen molar-refractivity contribution >= 4 is 45.6 Å². The van der Waals surface area contributed by atoms with Crippen LogP contribution in [0.4, 0.5) is 10.8 Å². The zero-order valence-corrected chi connectivity index (χ0v) is 22.0. The quantitative estimate of drug-likeness (QED) is 0.326. The van der Waals surface area contributed by atoms with Gasteiger partial charge in [0.15, 0.2) is 0 Å². The number of para-hydroxylation sites is 2. The summed E-state index contributed by atoms with van der Waals surface area (Å²) in [6, 6.07) is 16.4. The van der Waals surface area contributed by atoms with Gasteiger partial charge in [-0.3, -0.25) is 10.1 Å². The number of hydrogen-bond acceptors (Lipinski definition) is 9. The number of aliphatic imine (C=N–C) groups is 1. The second kappa shape index (κ2) is 9.97. The summed E-state index contributed by atoms with van der Waals surface area (Å²) in [5.41, 5.74) is 5.97. The van der Waals surface area contributed by atoms with Crippen LogP contribution in [0.3, 0.4) is 0 Å². The summed E-state index contributed by atoms with van der Waals surface area (Å²) in [4.78, 5) is 18.3. The van der Waals surface area contributed by atoms with Gasteiger partial charge in [-0.05, 0) is 19.1 Å². The lowest BCUT2D eigenvalue weighted by Crippen LogP contribution is -2.59. The number of guanidine groups is 1. The lowest BCUT2D eigenvalue weighted by Gasteiger charge is -2.36. The lowest BCUT2D eigenvalue weighted by molar-refractivity contribution is -0.113. The van der Waals surface area contributed by atoms with Crippen LogP contribution in [-0.4, -0.2) is 52.6 Å². The topological polar surface area (TPSA) is 128 Å². The molecule has 38 heavy (non-hydrogen) atoms. The van der Waals surface area contributed by atoms with Gasteiger partial charge in [0, 0.05) is 24.5 Å². The van der Waals surface area contributed by atoms with E-state index in [4.69, 9.17) is 16.3 Å². The maximum atomic E-state index is 13.6. The van der Waals surface area contributed by atoms with E-state index in [0.29, 0.717) is 32.4 Å². The maximum absolute atomic E-state index is 13.6. The molecule has 4 heterocycles. The summed E-state index contributed by atoms with van der Waals surface area (Å²) in [6.07, 6.45) is 1.07. The smallest absolute Gasteiger partial charge is 0.271 e. The van der Waals surface area contributed by atoms with E-state index in [1.165, 1.54) is 11.3 Å². The van der Waals surface area contributed by atoms with E-state index in [1.54, 1.807) is 6.20 Å². The van der Waals surface area contributed by atoms with Gasteiger partial charge in [0.1, 0.15) is 10.8 Å². The minimum atomic E-state index is -0.630. The van der Waals surface area contributed by atoms with Gasteiger partial charge in [0.05, 0.1) is 28.4 Å². The van der Waals surface area contributed by atoms with Gasteiger partial charge in [0.25, 0.3) is 12.3 Å². The van der Waals surface area contributed by atoms with Gasteiger partial charge in [0.2, 0.25) is 11.1 Å². The summed E-state index contributed by atoms with van der Waals surface area (Å²) >= 11 is 7.88. The summed E-state index contributed by atoms with van der Waals surface area (Å²) in [5, 5.41) is 24.6. The molecule has 0 saturated carbocycles. The molecule has 5 N–H and O–H groups in total. The van der Waals surface area contributed by atoms with Gasteiger partial charge in [-0.1, -0.05) is 65.4 Å². The number of carbonyl (C=O) groups excluding carboxylic acids is 1. The van der Waals surface area contributed by atoms with E-state index in [0.717, 1.165) is 17.0 Å². The minimum Gasteiger partial charge on any atom is -0.448 e. The second-order valence-corrected chi connectivity index (χ2v) is 10.2. The van der Waals surface area contributed by atoms with E-state index in [2.05, 4.69) is 41.9 Å². The molecule has 6 rings (SSSR count). The number of likely N-dealkylation sites (N-methyl/N-ethyl adjacent to an activating group) is 1. The molecule has 3 atom stereocenters. The Labute approximate surface area is 227 Å². The van der Waals surface area contributed by atoms with Crippen molar-refractivity contribution in [1.29, 1.82) is 0 Å². The number of hydrazine groups is 1. The Morgan fingerprint density at radius 1 is 1.13 bits per heavy atom. The molecule has 0 radical (unpaired) electrons. The highest BCUT2D eigenvalue weighted by atomic mass is 35.5. The van der Waals surface area contributed by atoms with Gasteiger partial charge in [-0.25, -0.2) is 5.01 Å². The summed E-state index contributed by atoms with van der Waals surface area (Å²) in [5.74, 6) is 0.843. The highest BCUT2D eigenvalue weighted by Crippen LogP contribution is 2.32. The number of halogens is 1. The van der Waals surface area contributed by atoms with Gasteiger partial charge in [-0.2, -0.15) is 4.99 Å². The molecule has 0 spiro atoms. The van der Waals surface area contributed by atoms with E-state index in [-0.39, 0.29) is 11.9 Å². The fraction of sp³-hybridized carbons (Fsp3) is 0.200. The van der Waals surface area contributed by atoms with E-state index < -0.39 is 12.4 Å². The predicted octanol–water partition coefficient (Wildman–Crippen LogP) is 3.02. The number of anilines is 2. The second-order valence-electron chi connectivity index (χ2n) is 8.82. The van der Waals surface area contributed by atoms with Crippen LogP contribution in [0, 0.1) is 0 Å². The molecule has 1 aromatic heterocycles. The molecule has 3 aliphatic heterocycles. The van der Waals surface area contributed by atoms with Crippen molar-refractivity contribution in [2.45, 2.75) is 25.4 Å². The zero-order valence-electron chi connectivity index (χ0n) is 20.4. The normalized spacial score (nSPS) is 23.5. The van der Waals surface area contributed by atoms with Crippen LogP contribution in [0.15, 0.2) is 82.1 Å². The maximum Gasteiger partial charge on any atom is 0.271 e. The van der Waals surface area contributed by atoms with Crippen LogP contribution in [0.5, 0.6) is 5.75 Å². The third-order valence-electron chi connectivity index (χ3n) is 6.30. The first kappa shape index (κ1) is 24.2. The Kier molecular flexibility index (Phi) is 6.35. The van der Waals surface area contributed by atoms with Gasteiger partial charge >= 0.3 is 0 Å². The van der Waals surface area contributed by atoms with Crippen molar-refractivity contribution in [3.63, 3.8) is 0 Å². The number of nitrogens with zero attached hydrogens (tertiary/aromatic N) is 4. The summed E-state index contributed by atoms with van der Waals surface area (Å²) in [6.45, 7) is 1.82. The van der Waals surface area contributed by atoms with Crippen LogP contribution in [0.25, 0.3) is 10.6 Å². The molecule has 3 aromatic rings. The molecule has 0 saturated heterocycles. The standard InChI is InChI=1S/C25H24ClN9O2S/c1-13-18(21(36)31-25-34-33-22(38-25)14-8-4-3-5-9-14)19(20-15(26)12-27-35(20)2)30-23(28-13)32-24-29-16-10-6-7-11-17(16)37-24/h3-12,19-20,24,27,29H,1-2H3,(H2,28,30,32)(H,31,34,36). The number of fused-ring (bicyclic) bond motifs is 1. The average Bonchev–Trinajstić information content (AvgIpc) is 3.62. The van der Waals surface area contributed by atoms with Crippen LogP contribution < -0.4 is 31.4 Å². The Bertz CT molecular complexity index is 1450. The van der Waals surface area contributed by atoms with Crippen LogP contribution in [0.2, 0.25) is 0 Å². The lowest BCUT2D eigenvalue weighted by atomic mass is 9.95. The average molecular weight is 550 g/mol. The number of carbonyl (C=O) groups is 1. The molecular weight excluding hydrogens is 526 g/mol. The number of rotatable bonds is 5. The van der Waals surface area contributed by atoms with Crippen molar-refractivity contribution < 1.29 is 9.53 Å². The Morgan fingerprint density at radius 2 is 1.92 bits per heavy atom. The fourth-order valence-corrected chi connectivity index (χ4v) is 5.60. The van der Waals surface area contributed by atoms with Crippen LogP contribution >= 0.6 is 22.9 Å². The Morgan fingerprint density at radius 3 is 2.68 bits per heavy atom. The molecule has 13 heteroatoms.